The summed E-state index contributed by atoms with van der Waals surface area (Å²) in [6.45, 7) is 3.82. The van der Waals surface area contributed by atoms with Crippen LogP contribution >= 0.6 is 0 Å². The number of hydrogen-bond donors (Lipinski definition) is 0. The molecule has 0 aromatic rings. The smallest absolute Gasteiger partial charge is 0.222 e. The quantitative estimate of drug-likeness (QED) is 0.772. The van der Waals surface area contributed by atoms with Crippen LogP contribution in [0.15, 0.2) is 0 Å². The Morgan fingerprint density at radius 1 is 1.20 bits per heavy atom. The van der Waals surface area contributed by atoms with Crippen LogP contribution in [0, 0.1) is 17.2 Å². The summed E-state index contributed by atoms with van der Waals surface area (Å²) in [5, 5.41) is 9.31. The van der Waals surface area contributed by atoms with E-state index in [0.717, 1.165) is 39.1 Å². The average molecular weight is 277 g/mol. The van der Waals surface area contributed by atoms with Crippen molar-refractivity contribution in [2.45, 2.75) is 44.2 Å². The van der Waals surface area contributed by atoms with Gasteiger partial charge in [-0.3, -0.25) is 9.69 Å². The molecule has 3 rings (SSSR count). The summed E-state index contributed by atoms with van der Waals surface area (Å²) in [4.78, 5) is 16.6. The van der Waals surface area contributed by atoms with E-state index in [1.807, 2.05) is 4.90 Å². The molecule has 0 bridgehead atoms. The third kappa shape index (κ3) is 3.13. The first kappa shape index (κ1) is 13.8. The van der Waals surface area contributed by atoms with Crippen molar-refractivity contribution in [2.75, 3.05) is 32.8 Å². The Morgan fingerprint density at radius 3 is 2.60 bits per heavy atom. The minimum absolute atomic E-state index is 0.102. The molecule has 5 heteroatoms. The maximum Gasteiger partial charge on any atom is 0.222 e. The molecule has 1 unspecified atom stereocenters. The van der Waals surface area contributed by atoms with Gasteiger partial charge in [-0.25, -0.2) is 0 Å². The molecule has 1 aliphatic carbocycles. The Balaban J connectivity index is 1.52. The topological polar surface area (TPSA) is 56.6 Å². The van der Waals surface area contributed by atoms with E-state index < -0.39 is 0 Å². The maximum absolute atomic E-state index is 12.4. The lowest BCUT2D eigenvalue weighted by Gasteiger charge is -2.39. The van der Waals surface area contributed by atoms with Gasteiger partial charge in [-0.15, -0.1) is 0 Å². The summed E-state index contributed by atoms with van der Waals surface area (Å²) in [5.74, 6) is 0.700. The second-order valence-electron chi connectivity index (χ2n) is 6.21. The van der Waals surface area contributed by atoms with E-state index in [2.05, 4.69) is 11.0 Å². The van der Waals surface area contributed by atoms with Crippen molar-refractivity contribution in [1.29, 1.82) is 5.26 Å². The highest BCUT2D eigenvalue weighted by Crippen LogP contribution is 2.30. The predicted octanol–water partition coefficient (Wildman–Crippen LogP) is 1.00. The lowest BCUT2D eigenvalue weighted by atomic mass is 9.95. The van der Waals surface area contributed by atoms with Gasteiger partial charge in [-0.2, -0.15) is 5.26 Å². The van der Waals surface area contributed by atoms with Crippen LogP contribution in [-0.4, -0.2) is 60.6 Å². The van der Waals surface area contributed by atoms with Crippen LogP contribution < -0.4 is 0 Å². The fourth-order valence-corrected chi connectivity index (χ4v) is 3.31. The van der Waals surface area contributed by atoms with Crippen molar-refractivity contribution in [3.05, 3.63) is 0 Å². The Morgan fingerprint density at radius 2 is 1.95 bits per heavy atom. The van der Waals surface area contributed by atoms with Gasteiger partial charge < -0.3 is 9.64 Å². The van der Waals surface area contributed by atoms with Crippen molar-refractivity contribution in [2.24, 2.45) is 5.92 Å². The summed E-state index contributed by atoms with van der Waals surface area (Å²) in [7, 11) is 0. The van der Waals surface area contributed by atoms with Crippen LogP contribution in [-0.2, 0) is 9.53 Å². The lowest BCUT2D eigenvalue weighted by molar-refractivity contribution is -0.135. The van der Waals surface area contributed by atoms with Crippen LogP contribution in [0.3, 0.4) is 0 Å². The summed E-state index contributed by atoms with van der Waals surface area (Å²) in [6, 6.07) is 2.88. The molecule has 3 fully saturated rings. The number of carbonyl (C=O) groups excluding carboxylic acids is 1. The zero-order valence-corrected chi connectivity index (χ0v) is 12.0. The first-order chi connectivity index (χ1) is 9.78. The predicted molar refractivity (Wildman–Crippen MR) is 73.9 cm³/mol. The molecule has 1 atom stereocenters. The normalized spacial score (nSPS) is 29.1. The Kier molecular flexibility index (Phi) is 4.23. The monoisotopic (exact) mass is 277 g/mol. The highest BCUT2D eigenvalue weighted by atomic mass is 16.5. The number of amides is 1. The molecule has 0 aromatic carbocycles. The van der Waals surface area contributed by atoms with Crippen molar-refractivity contribution >= 4 is 5.91 Å². The Labute approximate surface area is 120 Å². The first-order valence-electron chi connectivity index (χ1n) is 7.79. The van der Waals surface area contributed by atoms with Crippen LogP contribution in [0.2, 0.25) is 0 Å². The fraction of sp³-hybridized carbons (Fsp3) is 0.867. The average Bonchev–Trinajstić information content (AvgIpc) is 3.32. The SMILES string of the molecule is N#CC1CN(C(=O)CC2CCOCC2)CCN1C1CC1. The molecule has 2 aliphatic heterocycles. The molecule has 3 aliphatic rings. The van der Waals surface area contributed by atoms with Gasteiger partial charge >= 0.3 is 0 Å². The number of piperazine rings is 1. The number of rotatable bonds is 3. The summed E-state index contributed by atoms with van der Waals surface area (Å²) < 4.78 is 5.33. The molecule has 1 saturated carbocycles. The van der Waals surface area contributed by atoms with Crippen LogP contribution in [0.1, 0.15) is 32.1 Å². The molecule has 0 N–H and O–H groups in total. The van der Waals surface area contributed by atoms with Crippen molar-refractivity contribution in [1.82, 2.24) is 9.80 Å². The summed E-state index contributed by atoms with van der Waals surface area (Å²) in [6.07, 6.45) is 5.05. The Bertz CT molecular complexity index is 396. The number of hydrogen-bond acceptors (Lipinski definition) is 4. The number of nitrogens with zero attached hydrogens (tertiary/aromatic N) is 3. The van der Waals surface area contributed by atoms with Crippen molar-refractivity contribution in [3.63, 3.8) is 0 Å². The van der Waals surface area contributed by atoms with Gasteiger partial charge in [0, 0.05) is 45.3 Å². The minimum Gasteiger partial charge on any atom is -0.381 e. The third-order valence-corrected chi connectivity index (χ3v) is 4.74. The molecule has 5 nitrogen and oxygen atoms in total. The maximum atomic E-state index is 12.4. The van der Waals surface area contributed by atoms with Gasteiger partial charge in [0.15, 0.2) is 0 Å². The standard InChI is InChI=1S/C15H23N3O2/c16-10-14-11-17(5-6-18(14)13-1-2-13)15(19)9-12-3-7-20-8-4-12/h12-14H,1-9,11H2. The molecule has 0 spiro atoms. The van der Waals surface area contributed by atoms with Crippen LogP contribution in [0.4, 0.5) is 0 Å². The fourth-order valence-electron chi connectivity index (χ4n) is 3.31. The number of carbonyl (C=O) groups is 1. The minimum atomic E-state index is -0.102. The van der Waals surface area contributed by atoms with E-state index in [0.29, 0.717) is 24.9 Å². The number of ether oxygens (including phenoxy) is 1. The van der Waals surface area contributed by atoms with Gasteiger partial charge in [-0.1, -0.05) is 0 Å². The Hall–Kier alpha value is -1.12. The molecular formula is C15H23N3O2. The molecular weight excluding hydrogens is 254 g/mol. The van der Waals surface area contributed by atoms with E-state index >= 15 is 0 Å². The second-order valence-corrected chi connectivity index (χ2v) is 6.21. The van der Waals surface area contributed by atoms with Crippen LogP contribution in [0.5, 0.6) is 0 Å². The molecule has 0 radical (unpaired) electrons. The lowest BCUT2D eigenvalue weighted by Crippen LogP contribution is -2.55. The zero-order valence-electron chi connectivity index (χ0n) is 12.0. The van der Waals surface area contributed by atoms with Gasteiger partial charge in [0.25, 0.3) is 0 Å². The van der Waals surface area contributed by atoms with Gasteiger partial charge in [-0.05, 0) is 31.6 Å². The third-order valence-electron chi connectivity index (χ3n) is 4.74. The summed E-state index contributed by atoms with van der Waals surface area (Å²) in [5.41, 5.74) is 0. The van der Waals surface area contributed by atoms with Crippen LogP contribution in [0.25, 0.3) is 0 Å². The van der Waals surface area contributed by atoms with E-state index in [4.69, 9.17) is 4.74 Å². The second kappa shape index (κ2) is 6.11. The van der Waals surface area contributed by atoms with E-state index in [1.165, 1.54) is 12.8 Å². The highest BCUT2D eigenvalue weighted by molar-refractivity contribution is 5.76. The molecule has 2 heterocycles. The number of nitriles is 1. The van der Waals surface area contributed by atoms with E-state index in [9.17, 15) is 10.1 Å². The largest absolute Gasteiger partial charge is 0.381 e. The van der Waals surface area contributed by atoms with Crippen molar-refractivity contribution < 1.29 is 9.53 Å². The molecule has 2 saturated heterocycles. The molecule has 20 heavy (non-hydrogen) atoms. The highest BCUT2D eigenvalue weighted by Gasteiger charge is 2.38. The molecule has 0 aromatic heterocycles. The zero-order chi connectivity index (χ0) is 13.9. The molecule has 110 valence electrons. The van der Waals surface area contributed by atoms with E-state index in [-0.39, 0.29) is 11.9 Å². The molecule has 1 amide bonds. The van der Waals surface area contributed by atoms with E-state index in [1.54, 1.807) is 0 Å². The first-order valence-corrected chi connectivity index (χ1v) is 7.79. The van der Waals surface area contributed by atoms with Gasteiger partial charge in [0.2, 0.25) is 5.91 Å². The van der Waals surface area contributed by atoms with Gasteiger partial charge in [0.05, 0.1) is 6.07 Å². The van der Waals surface area contributed by atoms with Gasteiger partial charge in [0.1, 0.15) is 6.04 Å². The summed E-state index contributed by atoms with van der Waals surface area (Å²) >= 11 is 0. The van der Waals surface area contributed by atoms with Crippen molar-refractivity contribution in [3.8, 4) is 6.07 Å².